The highest BCUT2D eigenvalue weighted by atomic mass is 16.4. The van der Waals surface area contributed by atoms with Gasteiger partial charge >= 0.3 is 5.97 Å². The molecule has 7 heteroatoms. The molecule has 0 saturated heterocycles. The van der Waals surface area contributed by atoms with E-state index in [1.54, 1.807) is 12.1 Å². The van der Waals surface area contributed by atoms with Crippen molar-refractivity contribution >= 4 is 11.8 Å². The summed E-state index contributed by atoms with van der Waals surface area (Å²) in [7, 11) is 0. The van der Waals surface area contributed by atoms with Gasteiger partial charge in [-0.25, -0.2) is 9.48 Å². The fourth-order valence-electron chi connectivity index (χ4n) is 0.922. The highest BCUT2D eigenvalue weighted by molar-refractivity contribution is 5.90. The van der Waals surface area contributed by atoms with Gasteiger partial charge in [0, 0.05) is 0 Å². The largest absolute Gasteiger partial charge is 0.476 e. The second-order valence-corrected chi connectivity index (χ2v) is 2.34. The van der Waals surface area contributed by atoms with Crippen molar-refractivity contribution < 1.29 is 9.90 Å². The molecule has 0 aliphatic carbocycles. The maximum Gasteiger partial charge on any atom is 0.357 e. The lowest BCUT2D eigenvalue weighted by Crippen LogP contribution is -2.04. The molecule has 0 aliphatic rings. The van der Waals surface area contributed by atoms with Crippen molar-refractivity contribution in [3.05, 3.63) is 11.3 Å². The second-order valence-electron chi connectivity index (χ2n) is 2.34. The van der Waals surface area contributed by atoms with Crippen LogP contribution < -0.4 is 5.73 Å². The molecule has 3 N–H and O–H groups in total. The first-order chi connectivity index (χ1) is 6.61. The molecule has 7 nitrogen and oxygen atoms in total. The van der Waals surface area contributed by atoms with Gasteiger partial charge < -0.3 is 10.8 Å². The number of hydrogen-bond acceptors (Lipinski definition) is 5. The van der Waals surface area contributed by atoms with E-state index in [1.807, 2.05) is 0 Å². The summed E-state index contributed by atoms with van der Waals surface area (Å²) < 4.78 is 0.974. The molecule has 1 aromatic heterocycles. The average molecular weight is 191 g/mol. The van der Waals surface area contributed by atoms with Crippen molar-refractivity contribution in [3.8, 4) is 12.1 Å². The number of nitriles is 2. The van der Waals surface area contributed by atoms with Gasteiger partial charge in [-0.15, -0.1) is 0 Å². The smallest absolute Gasteiger partial charge is 0.357 e. The zero-order valence-corrected chi connectivity index (χ0v) is 6.93. The van der Waals surface area contributed by atoms with Crippen molar-refractivity contribution in [2.45, 2.75) is 6.54 Å². The summed E-state index contributed by atoms with van der Waals surface area (Å²) in [4.78, 5) is 10.6. The topological polar surface area (TPSA) is 129 Å². The quantitative estimate of drug-likeness (QED) is 0.651. The van der Waals surface area contributed by atoms with E-state index in [0.717, 1.165) is 4.68 Å². The molecule has 0 aromatic carbocycles. The lowest BCUT2D eigenvalue weighted by Gasteiger charge is -1.94. The van der Waals surface area contributed by atoms with E-state index in [4.69, 9.17) is 21.4 Å². The number of anilines is 1. The standard InChI is InChI=1S/C7H5N5O2/c8-1-2-12-6(10)4(3-9)5(11-12)7(13)14/h2,10H2,(H,13,14). The van der Waals surface area contributed by atoms with Crippen molar-refractivity contribution in [1.29, 1.82) is 10.5 Å². The van der Waals surface area contributed by atoms with Crippen LogP contribution in [0.4, 0.5) is 5.82 Å². The maximum atomic E-state index is 10.6. The average Bonchev–Trinajstić information content (AvgIpc) is 2.44. The number of carboxylic acids is 1. The summed E-state index contributed by atoms with van der Waals surface area (Å²) in [5.74, 6) is -1.45. The Hall–Kier alpha value is -2.54. The Bertz CT molecular complexity index is 462. The minimum Gasteiger partial charge on any atom is -0.476 e. The van der Waals surface area contributed by atoms with Crippen LogP contribution in [0.1, 0.15) is 16.1 Å². The summed E-state index contributed by atoms with van der Waals surface area (Å²) in [5.41, 5.74) is 4.76. The van der Waals surface area contributed by atoms with Gasteiger partial charge in [0.15, 0.2) is 5.69 Å². The van der Waals surface area contributed by atoms with Gasteiger partial charge in [-0.3, -0.25) is 0 Å². The van der Waals surface area contributed by atoms with E-state index in [0.29, 0.717) is 0 Å². The highest BCUT2D eigenvalue weighted by Gasteiger charge is 2.20. The van der Waals surface area contributed by atoms with Gasteiger partial charge in [0.1, 0.15) is 24.0 Å². The summed E-state index contributed by atoms with van der Waals surface area (Å²) in [6.45, 7) is -0.187. The van der Waals surface area contributed by atoms with Crippen LogP contribution in [0, 0.1) is 22.7 Å². The first-order valence-corrected chi connectivity index (χ1v) is 3.48. The first-order valence-electron chi connectivity index (χ1n) is 3.48. The molecular formula is C7H5N5O2. The lowest BCUT2D eigenvalue weighted by atomic mass is 10.2. The van der Waals surface area contributed by atoms with E-state index >= 15 is 0 Å². The molecule has 0 aliphatic heterocycles. The molecule has 1 heterocycles. The monoisotopic (exact) mass is 191 g/mol. The number of nitrogens with zero attached hydrogens (tertiary/aromatic N) is 4. The Morgan fingerprint density at radius 3 is 2.64 bits per heavy atom. The normalized spacial score (nSPS) is 9.00. The fraction of sp³-hybridized carbons (Fsp3) is 0.143. The minimum absolute atomic E-state index is 0.105. The van der Waals surface area contributed by atoms with Crippen LogP contribution >= 0.6 is 0 Å². The van der Waals surface area contributed by atoms with E-state index in [1.165, 1.54) is 0 Å². The fourth-order valence-corrected chi connectivity index (χ4v) is 0.922. The van der Waals surface area contributed by atoms with Crippen molar-refractivity contribution in [2.24, 2.45) is 0 Å². The van der Waals surface area contributed by atoms with Gasteiger partial charge in [-0.1, -0.05) is 0 Å². The molecule has 0 bridgehead atoms. The Labute approximate surface area is 78.6 Å². The van der Waals surface area contributed by atoms with E-state index < -0.39 is 11.7 Å². The summed E-state index contributed by atoms with van der Waals surface area (Å²) in [6, 6.07) is 3.37. The zero-order valence-electron chi connectivity index (χ0n) is 6.93. The molecule has 70 valence electrons. The molecule has 0 radical (unpaired) electrons. The van der Waals surface area contributed by atoms with Crippen molar-refractivity contribution in [3.63, 3.8) is 0 Å². The number of carboxylic acid groups (broad SMARTS) is 1. The van der Waals surface area contributed by atoms with Gasteiger partial charge in [-0.05, 0) is 0 Å². The molecule has 0 spiro atoms. The number of aromatic carboxylic acids is 1. The highest BCUT2D eigenvalue weighted by Crippen LogP contribution is 2.15. The molecule has 0 amide bonds. The first kappa shape index (κ1) is 9.55. The van der Waals surface area contributed by atoms with Crippen LogP contribution in [-0.2, 0) is 6.54 Å². The van der Waals surface area contributed by atoms with Gasteiger partial charge in [0.25, 0.3) is 0 Å². The number of aromatic nitrogens is 2. The van der Waals surface area contributed by atoms with E-state index in [9.17, 15) is 4.79 Å². The molecular weight excluding hydrogens is 186 g/mol. The summed E-state index contributed by atoms with van der Waals surface area (Å²) in [5, 5.41) is 29.1. The molecule has 0 atom stereocenters. The molecule has 0 fully saturated rings. The molecule has 14 heavy (non-hydrogen) atoms. The lowest BCUT2D eigenvalue weighted by molar-refractivity contribution is 0.0689. The van der Waals surface area contributed by atoms with Gasteiger partial charge in [-0.2, -0.15) is 15.6 Å². The Morgan fingerprint density at radius 2 is 2.29 bits per heavy atom. The Balaban J connectivity index is 3.35. The third kappa shape index (κ3) is 1.34. The van der Waals surface area contributed by atoms with Crippen LogP contribution in [-0.4, -0.2) is 20.9 Å². The number of rotatable bonds is 2. The van der Waals surface area contributed by atoms with Crippen molar-refractivity contribution in [1.82, 2.24) is 9.78 Å². The summed E-state index contributed by atoms with van der Waals surface area (Å²) in [6.07, 6.45) is 0. The van der Waals surface area contributed by atoms with Crippen LogP contribution in [0.3, 0.4) is 0 Å². The number of carbonyl (C=O) groups is 1. The van der Waals surface area contributed by atoms with E-state index in [2.05, 4.69) is 5.10 Å². The third-order valence-corrected chi connectivity index (χ3v) is 1.53. The van der Waals surface area contributed by atoms with Crippen molar-refractivity contribution in [2.75, 3.05) is 5.73 Å². The molecule has 1 aromatic rings. The number of hydrogen-bond donors (Lipinski definition) is 2. The van der Waals surface area contributed by atoms with Crippen LogP contribution in [0.25, 0.3) is 0 Å². The van der Waals surface area contributed by atoms with Crippen LogP contribution in [0.2, 0.25) is 0 Å². The van der Waals surface area contributed by atoms with Crippen LogP contribution in [0.5, 0.6) is 0 Å². The van der Waals surface area contributed by atoms with Crippen LogP contribution in [0.15, 0.2) is 0 Å². The minimum atomic E-state index is -1.34. The summed E-state index contributed by atoms with van der Waals surface area (Å²) >= 11 is 0. The number of nitrogens with two attached hydrogens (primary N) is 1. The third-order valence-electron chi connectivity index (χ3n) is 1.53. The maximum absolute atomic E-state index is 10.6. The molecule has 0 saturated carbocycles. The molecule has 1 rings (SSSR count). The SMILES string of the molecule is N#CCn1nc(C(=O)O)c(C#N)c1N. The van der Waals surface area contributed by atoms with E-state index in [-0.39, 0.29) is 17.9 Å². The van der Waals surface area contributed by atoms with Gasteiger partial charge in [0.2, 0.25) is 0 Å². The second kappa shape index (κ2) is 3.46. The zero-order chi connectivity index (χ0) is 10.7. The number of nitrogen functional groups attached to an aromatic ring is 1. The Morgan fingerprint density at radius 1 is 1.64 bits per heavy atom. The van der Waals surface area contributed by atoms with Gasteiger partial charge in [0.05, 0.1) is 6.07 Å². The Kier molecular flexibility index (Phi) is 2.36. The predicted molar refractivity (Wildman–Crippen MR) is 43.9 cm³/mol. The molecule has 0 unspecified atom stereocenters. The predicted octanol–water partition coefficient (Wildman–Crippen LogP) is -0.441.